The lowest BCUT2D eigenvalue weighted by Crippen LogP contribution is -2.49. The highest BCUT2D eigenvalue weighted by atomic mass is 19.4. The highest BCUT2D eigenvalue weighted by Crippen LogP contribution is 2.49. The molecule has 0 radical (unpaired) electrons. The fourth-order valence-corrected chi connectivity index (χ4v) is 4.59. The van der Waals surface area contributed by atoms with Crippen molar-refractivity contribution < 1.29 is 27.5 Å². The van der Waals surface area contributed by atoms with Gasteiger partial charge in [-0.3, -0.25) is 9.78 Å². The van der Waals surface area contributed by atoms with Crippen molar-refractivity contribution in [1.29, 1.82) is 0 Å². The molecule has 2 fully saturated rings. The maximum atomic E-state index is 13.1. The Morgan fingerprint density at radius 1 is 1.27 bits per heavy atom. The predicted octanol–water partition coefficient (Wildman–Crippen LogP) is 4.63. The van der Waals surface area contributed by atoms with Crippen molar-refractivity contribution in [2.45, 2.75) is 71.2 Å². The van der Waals surface area contributed by atoms with Gasteiger partial charge in [-0.2, -0.15) is 13.2 Å². The summed E-state index contributed by atoms with van der Waals surface area (Å²) in [6.45, 7) is 8.26. The lowest BCUT2D eigenvalue weighted by molar-refractivity contribution is -0.141. The van der Waals surface area contributed by atoms with Gasteiger partial charge < -0.3 is 14.5 Å². The number of carbonyl (C=O) groups is 2. The molecule has 0 N–H and O–H groups in total. The number of rotatable bonds is 2. The van der Waals surface area contributed by atoms with Crippen molar-refractivity contribution in [3.8, 4) is 0 Å². The van der Waals surface area contributed by atoms with Crippen LogP contribution in [0.1, 0.15) is 59.1 Å². The summed E-state index contributed by atoms with van der Waals surface area (Å²) in [6.07, 6.45) is -1.78. The maximum absolute atomic E-state index is 13.1. The van der Waals surface area contributed by atoms with Crippen LogP contribution in [-0.4, -0.2) is 46.6 Å². The fraction of sp³-hybridized carbons (Fsp3) is 0.667. The molecule has 1 atom stereocenters. The van der Waals surface area contributed by atoms with Gasteiger partial charge >= 0.3 is 12.3 Å². The highest BCUT2D eigenvalue weighted by molar-refractivity contribution is 5.97. The number of aromatic nitrogens is 1. The molecule has 1 unspecified atom stereocenters. The quantitative estimate of drug-likeness (QED) is 0.690. The Kier molecular flexibility index (Phi) is 5.77. The zero-order chi connectivity index (χ0) is 22.3. The second-order valence-electron chi connectivity index (χ2n) is 9.09. The summed E-state index contributed by atoms with van der Waals surface area (Å²) in [4.78, 5) is 31.8. The topological polar surface area (TPSA) is 62.7 Å². The van der Waals surface area contributed by atoms with E-state index in [2.05, 4.69) is 4.98 Å². The molecule has 2 aliphatic heterocycles. The molecule has 1 aromatic heterocycles. The number of nitrogens with zero attached hydrogens (tertiary/aromatic N) is 3. The van der Waals surface area contributed by atoms with Crippen LogP contribution >= 0.6 is 0 Å². The SMILES string of the molecule is CCC1N(c2ccnc(C(F)(F)F)c2)C(=O)CC12CCN(C(=O)OC(C)(C)C)CC2. The zero-order valence-electron chi connectivity index (χ0n) is 17.8. The molecule has 2 saturated heterocycles. The number of halogens is 3. The van der Waals surface area contributed by atoms with Gasteiger partial charge in [0, 0.05) is 42.9 Å². The summed E-state index contributed by atoms with van der Waals surface area (Å²) in [5.74, 6) is -0.188. The van der Waals surface area contributed by atoms with Gasteiger partial charge in [0.05, 0.1) is 0 Å². The first kappa shape index (κ1) is 22.4. The smallest absolute Gasteiger partial charge is 0.433 e. The van der Waals surface area contributed by atoms with Gasteiger partial charge in [-0.15, -0.1) is 0 Å². The molecule has 0 aromatic carbocycles. The molecule has 0 saturated carbocycles. The number of hydrogen-bond acceptors (Lipinski definition) is 4. The first-order valence-electron chi connectivity index (χ1n) is 10.2. The van der Waals surface area contributed by atoms with Crippen molar-refractivity contribution in [1.82, 2.24) is 9.88 Å². The van der Waals surface area contributed by atoms with Crippen LogP contribution in [0.5, 0.6) is 0 Å². The van der Waals surface area contributed by atoms with E-state index < -0.39 is 17.5 Å². The van der Waals surface area contributed by atoms with E-state index >= 15 is 0 Å². The van der Waals surface area contributed by atoms with Crippen LogP contribution in [0, 0.1) is 5.41 Å². The monoisotopic (exact) mass is 427 g/mol. The van der Waals surface area contributed by atoms with Crippen LogP contribution in [0.4, 0.5) is 23.7 Å². The van der Waals surface area contributed by atoms with E-state index in [-0.39, 0.29) is 35.6 Å². The Bertz CT molecular complexity index is 812. The van der Waals surface area contributed by atoms with E-state index in [1.165, 1.54) is 11.0 Å². The van der Waals surface area contributed by atoms with Gasteiger partial charge in [0.15, 0.2) is 0 Å². The number of alkyl halides is 3. The van der Waals surface area contributed by atoms with Gasteiger partial charge in [0.1, 0.15) is 11.3 Å². The Morgan fingerprint density at radius 2 is 1.90 bits per heavy atom. The van der Waals surface area contributed by atoms with Gasteiger partial charge in [-0.1, -0.05) is 6.92 Å². The van der Waals surface area contributed by atoms with Gasteiger partial charge in [-0.25, -0.2) is 4.79 Å². The molecular formula is C21H28F3N3O3. The number of hydrogen-bond donors (Lipinski definition) is 0. The van der Waals surface area contributed by atoms with E-state index in [1.54, 1.807) is 25.7 Å². The molecular weight excluding hydrogens is 399 g/mol. The number of likely N-dealkylation sites (tertiary alicyclic amines) is 1. The molecule has 2 amide bonds. The van der Waals surface area contributed by atoms with Crippen molar-refractivity contribution in [3.05, 3.63) is 24.0 Å². The molecule has 30 heavy (non-hydrogen) atoms. The van der Waals surface area contributed by atoms with Crippen LogP contribution in [0.3, 0.4) is 0 Å². The number of anilines is 1. The third kappa shape index (κ3) is 4.39. The Labute approximate surface area is 174 Å². The van der Waals surface area contributed by atoms with Gasteiger partial charge in [-0.05, 0) is 52.2 Å². The second kappa shape index (κ2) is 7.74. The fourth-order valence-electron chi connectivity index (χ4n) is 4.59. The van der Waals surface area contributed by atoms with Crippen molar-refractivity contribution in [2.75, 3.05) is 18.0 Å². The molecule has 0 bridgehead atoms. The van der Waals surface area contributed by atoms with Crippen LogP contribution in [0.25, 0.3) is 0 Å². The molecule has 2 aliphatic rings. The summed E-state index contributed by atoms with van der Waals surface area (Å²) in [5.41, 5.74) is -1.74. The minimum absolute atomic E-state index is 0.188. The standard InChI is InChI=1S/C21H28F3N3O3/c1-5-16-20(7-10-26(11-8-20)18(29)30-19(2,3)4)13-17(28)27(16)14-6-9-25-15(12-14)21(22,23)24/h6,9,12,16H,5,7-8,10-11,13H2,1-4H3. The van der Waals surface area contributed by atoms with E-state index in [0.29, 0.717) is 32.4 Å². The first-order chi connectivity index (χ1) is 13.9. The Balaban J connectivity index is 1.80. The predicted molar refractivity (Wildman–Crippen MR) is 105 cm³/mol. The number of carbonyl (C=O) groups excluding carboxylic acids is 2. The summed E-state index contributed by atoms with van der Waals surface area (Å²) < 4.78 is 44.7. The van der Waals surface area contributed by atoms with Crippen molar-refractivity contribution >= 4 is 17.7 Å². The van der Waals surface area contributed by atoms with Crippen LogP contribution in [0.15, 0.2) is 18.3 Å². The van der Waals surface area contributed by atoms with Crippen LogP contribution < -0.4 is 4.90 Å². The average molecular weight is 427 g/mol. The summed E-state index contributed by atoms with van der Waals surface area (Å²) in [7, 11) is 0. The molecule has 3 rings (SSSR count). The number of piperidine rings is 1. The van der Waals surface area contributed by atoms with Crippen LogP contribution in [0.2, 0.25) is 0 Å². The second-order valence-corrected chi connectivity index (χ2v) is 9.09. The highest BCUT2D eigenvalue weighted by Gasteiger charge is 2.53. The minimum Gasteiger partial charge on any atom is -0.444 e. The van der Waals surface area contributed by atoms with Crippen molar-refractivity contribution in [2.24, 2.45) is 5.41 Å². The summed E-state index contributed by atoms with van der Waals surface area (Å²) in [5, 5.41) is 0. The average Bonchev–Trinajstić information content (AvgIpc) is 2.91. The van der Waals surface area contributed by atoms with Crippen molar-refractivity contribution in [3.63, 3.8) is 0 Å². The van der Waals surface area contributed by atoms with E-state index in [0.717, 1.165) is 12.3 Å². The molecule has 3 heterocycles. The maximum Gasteiger partial charge on any atom is 0.433 e. The molecule has 1 aromatic rings. The molecule has 1 spiro atoms. The Morgan fingerprint density at radius 3 is 2.43 bits per heavy atom. The number of ether oxygens (including phenoxy) is 1. The normalized spacial score (nSPS) is 22.0. The Hall–Kier alpha value is -2.32. The molecule has 166 valence electrons. The lowest BCUT2D eigenvalue weighted by atomic mass is 9.71. The lowest BCUT2D eigenvalue weighted by Gasteiger charge is -2.43. The minimum atomic E-state index is -4.57. The first-order valence-corrected chi connectivity index (χ1v) is 10.2. The largest absolute Gasteiger partial charge is 0.444 e. The van der Waals surface area contributed by atoms with Gasteiger partial charge in [0.2, 0.25) is 5.91 Å². The third-order valence-corrected chi connectivity index (χ3v) is 5.90. The number of amides is 2. The number of pyridine rings is 1. The molecule has 9 heteroatoms. The van der Waals surface area contributed by atoms with E-state index in [4.69, 9.17) is 4.74 Å². The van der Waals surface area contributed by atoms with E-state index in [9.17, 15) is 22.8 Å². The molecule has 6 nitrogen and oxygen atoms in total. The summed E-state index contributed by atoms with van der Waals surface area (Å²) in [6, 6.07) is 2.16. The third-order valence-electron chi connectivity index (χ3n) is 5.90. The summed E-state index contributed by atoms with van der Waals surface area (Å²) >= 11 is 0. The molecule has 0 aliphatic carbocycles. The van der Waals surface area contributed by atoms with Gasteiger partial charge in [0.25, 0.3) is 0 Å². The zero-order valence-corrected chi connectivity index (χ0v) is 17.8. The van der Waals surface area contributed by atoms with E-state index in [1.807, 2.05) is 6.92 Å². The van der Waals surface area contributed by atoms with Crippen LogP contribution in [-0.2, 0) is 15.7 Å².